The minimum absolute atomic E-state index is 0.165. The lowest BCUT2D eigenvalue weighted by molar-refractivity contribution is -0.142. The first-order valence-electron chi connectivity index (χ1n) is 13.2. The summed E-state index contributed by atoms with van der Waals surface area (Å²) in [6.07, 6.45) is 0. The number of para-hydroxylation sites is 1. The second-order valence-corrected chi connectivity index (χ2v) is 10.7. The van der Waals surface area contributed by atoms with Crippen LogP contribution in [0.1, 0.15) is 37.9 Å². The van der Waals surface area contributed by atoms with Crippen molar-refractivity contribution in [2.45, 2.75) is 26.8 Å². The van der Waals surface area contributed by atoms with Crippen LogP contribution in [0.15, 0.2) is 69.6 Å². The maximum absolute atomic E-state index is 14.2. The largest absolute Gasteiger partial charge is 0.465 e. The minimum Gasteiger partial charge on any atom is -0.465 e. The molecule has 10 nitrogen and oxygen atoms in total. The van der Waals surface area contributed by atoms with Gasteiger partial charge in [-0.25, -0.2) is 9.79 Å². The van der Waals surface area contributed by atoms with Gasteiger partial charge < -0.3 is 14.4 Å². The Morgan fingerprint density at radius 1 is 1.00 bits per heavy atom. The Bertz CT molecular complexity index is 1770. The third-order valence-corrected chi connectivity index (χ3v) is 8.01. The molecule has 5 rings (SSSR count). The summed E-state index contributed by atoms with van der Waals surface area (Å²) >= 11 is 1.08. The van der Waals surface area contributed by atoms with Gasteiger partial charge in [-0.15, -0.1) is 0 Å². The summed E-state index contributed by atoms with van der Waals surface area (Å²) in [6.45, 7) is 5.20. The molecule has 0 aliphatic carbocycles. The van der Waals surface area contributed by atoms with E-state index in [0.29, 0.717) is 27.3 Å². The number of esters is 2. The van der Waals surface area contributed by atoms with Crippen molar-refractivity contribution < 1.29 is 23.9 Å². The minimum atomic E-state index is -0.807. The summed E-state index contributed by atoms with van der Waals surface area (Å²) in [4.78, 5) is 61.8. The van der Waals surface area contributed by atoms with Gasteiger partial charge >= 0.3 is 11.9 Å². The number of carbonyl (C=O) groups excluding carboxylic acids is 3. The summed E-state index contributed by atoms with van der Waals surface area (Å²) in [5.41, 5.74) is 3.14. The fraction of sp³-hybridized carbons (Fsp3) is 0.300. The Morgan fingerprint density at radius 3 is 2.34 bits per heavy atom. The van der Waals surface area contributed by atoms with Crippen molar-refractivity contribution in [2.24, 2.45) is 4.99 Å². The second kappa shape index (κ2) is 11.2. The number of carbonyl (C=O) groups is 3. The smallest absolute Gasteiger partial charge is 0.338 e. The molecule has 212 valence electrons. The molecule has 0 fully saturated rings. The Labute approximate surface area is 240 Å². The van der Waals surface area contributed by atoms with Crippen molar-refractivity contribution >= 4 is 46.1 Å². The average Bonchev–Trinajstić information content (AvgIpc) is 3.40. The van der Waals surface area contributed by atoms with Crippen LogP contribution in [0.5, 0.6) is 0 Å². The quantitative estimate of drug-likeness (QED) is 0.398. The number of allylic oxidation sites excluding steroid dienone is 1. The molecule has 1 amide bonds. The van der Waals surface area contributed by atoms with Crippen molar-refractivity contribution in [2.75, 3.05) is 43.7 Å². The molecule has 1 atom stereocenters. The Balaban J connectivity index is 1.74. The topological polar surface area (TPSA) is 111 Å². The number of hydrogen-bond donors (Lipinski definition) is 0. The summed E-state index contributed by atoms with van der Waals surface area (Å²) < 4.78 is 12.1. The van der Waals surface area contributed by atoms with Crippen LogP contribution in [0.2, 0.25) is 0 Å². The van der Waals surface area contributed by atoms with Crippen LogP contribution in [0.4, 0.5) is 11.4 Å². The van der Waals surface area contributed by atoms with Gasteiger partial charge in [0.2, 0.25) is 0 Å². The molecule has 0 spiro atoms. The van der Waals surface area contributed by atoms with Crippen molar-refractivity contribution in [3.8, 4) is 0 Å². The van der Waals surface area contributed by atoms with E-state index in [1.54, 1.807) is 45.0 Å². The molecule has 0 saturated carbocycles. The van der Waals surface area contributed by atoms with Crippen molar-refractivity contribution in [3.05, 3.63) is 90.6 Å². The molecule has 11 heteroatoms. The van der Waals surface area contributed by atoms with Gasteiger partial charge in [-0.1, -0.05) is 41.7 Å². The first kappa shape index (κ1) is 28.0. The van der Waals surface area contributed by atoms with Gasteiger partial charge in [0.15, 0.2) is 4.80 Å². The summed E-state index contributed by atoms with van der Waals surface area (Å²) in [7, 11) is 3.85. The third kappa shape index (κ3) is 4.86. The number of hydrogen-bond acceptors (Lipinski definition) is 9. The van der Waals surface area contributed by atoms with E-state index in [2.05, 4.69) is 4.99 Å². The normalized spacial score (nSPS) is 17.1. The highest BCUT2D eigenvalue weighted by Gasteiger charge is 2.38. The monoisotopic (exact) mass is 574 g/mol. The molecule has 0 radical (unpaired) electrons. The molecule has 41 heavy (non-hydrogen) atoms. The molecule has 0 unspecified atom stereocenters. The van der Waals surface area contributed by atoms with Crippen LogP contribution < -0.4 is 24.7 Å². The fourth-order valence-corrected chi connectivity index (χ4v) is 6.24. The number of thiazole rings is 1. The fourth-order valence-electron chi connectivity index (χ4n) is 5.10. The lowest BCUT2D eigenvalue weighted by Crippen LogP contribution is -2.41. The zero-order valence-electron chi connectivity index (χ0n) is 23.5. The second-order valence-electron chi connectivity index (χ2n) is 9.70. The number of nitrogens with zero attached hydrogens (tertiary/aromatic N) is 4. The van der Waals surface area contributed by atoms with Gasteiger partial charge in [-0.3, -0.25) is 23.9 Å². The van der Waals surface area contributed by atoms with E-state index >= 15 is 0 Å². The van der Waals surface area contributed by atoms with Crippen LogP contribution in [0, 0.1) is 0 Å². The zero-order valence-corrected chi connectivity index (χ0v) is 24.3. The first-order chi connectivity index (χ1) is 19.7. The SMILES string of the molecule is CCOC(=O)CN1C(=O)/C(=c2/sc3n(c2=O)[C@H](c2ccc(N(C)C)cc2)C(C(=O)OCC)=C(C)N=3)c2ccccc21. The van der Waals surface area contributed by atoms with Crippen LogP contribution >= 0.6 is 11.3 Å². The predicted molar refractivity (Wildman–Crippen MR) is 156 cm³/mol. The van der Waals surface area contributed by atoms with Gasteiger partial charge in [0.25, 0.3) is 11.5 Å². The molecule has 2 aliphatic rings. The van der Waals surface area contributed by atoms with Crippen LogP contribution in [-0.4, -0.2) is 56.3 Å². The molecule has 2 aromatic carbocycles. The van der Waals surface area contributed by atoms with Gasteiger partial charge in [0.1, 0.15) is 11.1 Å². The summed E-state index contributed by atoms with van der Waals surface area (Å²) in [5, 5.41) is 0. The molecule has 0 saturated heterocycles. The Morgan fingerprint density at radius 2 is 1.68 bits per heavy atom. The van der Waals surface area contributed by atoms with E-state index in [1.807, 2.05) is 43.3 Å². The summed E-state index contributed by atoms with van der Waals surface area (Å²) in [6, 6.07) is 13.8. The highest BCUT2D eigenvalue weighted by molar-refractivity contribution is 7.07. The number of fused-ring (bicyclic) bond motifs is 2. The third-order valence-electron chi connectivity index (χ3n) is 6.96. The van der Waals surface area contributed by atoms with Crippen LogP contribution in [-0.2, 0) is 23.9 Å². The molecule has 1 aromatic heterocycles. The van der Waals surface area contributed by atoms with Crippen molar-refractivity contribution in [1.29, 1.82) is 0 Å². The highest BCUT2D eigenvalue weighted by Crippen LogP contribution is 2.36. The number of aromatic nitrogens is 1. The molecule has 0 N–H and O–H groups in total. The number of amides is 1. The standard InChI is InChI=1S/C30H30N4O6S/c1-6-39-22(35)16-33-21-11-9-8-10-20(21)24(27(33)36)26-28(37)34-25(18-12-14-19(15-13-18)32(4)5)23(29(38)40-7-2)17(3)31-30(34)41-26/h8-15,25H,6-7,16H2,1-5H3/b26-24+/t25-/m1/s1. The highest BCUT2D eigenvalue weighted by atomic mass is 32.1. The first-order valence-corrected chi connectivity index (χ1v) is 14.1. The van der Waals surface area contributed by atoms with Gasteiger partial charge in [-0.2, -0.15) is 0 Å². The van der Waals surface area contributed by atoms with Crippen LogP contribution in [0.3, 0.4) is 0 Å². The van der Waals surface area contributed by atoms with Gasteiger partial charge in [-0.05, 0) is 44.5 Å². The molecule has 3 aromatic rings. The number of anilines is 2. The van der Waals surface area contributed by atoms with Gasteiger partial charge in [0, 0.05) is 25.3 Å². The van der Waals surface area contributed by atoms with E-state index in [1.165, 1.54) is 9.47 Å². The lowest BCUT2D eigenvalue weighted by atomic mass is 9.95. The van der Waals surface area contributed by atoms with Crippen molar-refractivity contribution in [1.82, 2.24) is 4.57 Å². The predicted octanol–water partition coefficient (Wildman–Crippen LogP) is 2.14. The molecule has 0 bridgehead atoms. The van der Waals surface area contributed by atoms with E-state index in [9.17, 15) is 19.2 Å². The zero-order chi connectivity index (χ0) is 29.4. The van der Waals surface area contributed by atoms with Crippen LogP contribution in [0.25, 0.3) is 5.57 Å². The number of benzene rings is 2. The number of ether oxygens (including phenoxy) is 2. The molecular formula is C30H30N4O6S. The van der Waals surface area contributed by atoms with E-state index < -0.39 is 29.4 Å². The van der Waals surface area contributed by atoms with E-state index in [-0.39, 0.29) is 35.4 Å². The Kier molecular flexibility index (Phi) is 7.63. The van der Waals surface area contributed by atoms with E-state index in [4.69, 9.17) is 9.47 Å². The molecular weight excluding hydrogens is 544 g/mol. The maximum atomic E-state index is 14.2. The molecule has 3 heterocycles. The van der Waals surface area contributed by atoms with Crippen molar-refractivity contribution in [3.63, 3.8) is 0 Å². The maximum Gasteiger partial charge on any atom is 0.338 e. The average molecular weight is 575 g/mol. The Hall–Kier alpha value is -4.51. The van der Waals surface area contributed by atoms with E-state index in [0.717, 1.165) is 17.0 Å². The van der Waals surface area contributed by atoms with Gasteiger partial charge in [0.05, 0.1) is 41.8 Å². The lowest BCUT2D eigenvalue weighted by Gasteiger charge is -2.25. The number of rotatable bonds is 7. The molecule has 2 aliphatic heterocycles. The summed E-state index contributed by atoms with van der Waals surface area (Å²) in [5.74, 6) is -1.58.